The second kappa shape index (κ2) is 9.82. The molecule has 0 spiro atoms. The van der Waals surface area contributed by atoms with E-state index in [0.717, 1.165) is 36.1 Å². The average molecular weight is 397 g/mol. The Morgan fingerprint density at radius 3 is 2.62 bits per heavy atom. The van der Waals surface area contributed by atoms with E-state index in [-0.39, 0.29) is 18.1 Å². The molecule has 0 aliphatic rings. The van der Waals surface area contributed by atoms with E-state index in [1.807, 2.05) is 28.8 Å². The number of aromatic nitrogens is 2. The first-order valence-corrected chi connectivity index (χ1v) is 9.64. The Hall–Kier alpha value is -3.22. The topological polar surface area (TPSA) is 73.2 Å². The van der Waals surface area contributed by atoms with Gasteiger partial charge in [-0.15, -0.1) is 0 Å². The van der Waals surface area contributed by atoms with Crippen molar-refractivity contribution in [1.82, 2.24) is 14.9 Å². The number of carbonyl (C=O) groups is 2. The van der Waals surface area contributed by atoms with Gasteiger partial charge in [0.05, 0.1) is 23.7 Å². The molecular formula is C22H24FN3O3. The van der Waals surface area contributed by atoms with Crippen molar-refractivity contribution in [3.8, 4) is 0 Å². The molecular weight excluding hydrogens is 373 g/mol. The number of esters is 1. The molecule has 0 atom stereocenters. The summed E-state index contributed by atoms with van der Waals surface area (Å²) in [5, 5.41) is 2.74. The number of hydrogen-bond acceptors (Lipinski definition) is 4. The third-order valence-electron chi connectivity index (χ3n) is 4.73. The number of methoxy groups -OCH3 is 1. The van der Waals surface area contributed by atoms with Crippen LogP contribution in [-0.4, -0.2) is 35.1 Å². The lowest BCUT2D eigenvalue weighted by Gasteiger charge is -2.08. The molecule has 0 bridgehead atoms. The van der Waals surface area contributed by atoms with E-state index in [1.165, 1.54) is 19.2 Å². The van der Waals surface area contributed by atoms with Gasteiger partial charge in [0.15, 0.2) is 0 Å². The lowest BCUT2D eigenvalue weighted by atomic mass is 10.1. The fourth-order valence-corrected chi connectivity index (χ4v) is 3.21. The number of hydrogen-bond donors (Lipinski definition) is 1. The van der Waals surface area contributed by atoms with Gasteiger partial charge >= 0.3 is 5.97 Å². The van der Waals surface area contributed by atoms with E-state index in [0.29, 0.717) is 13.0 Å². The number of unbranched alkanes of at least 4 members (excludes halogenated alkanes) is 2. The third-order valence-corrected chi connectivity index (χ3v) is 4.73. The first-order chi connectivity index (χ1) is 14.1. The van der Waals surface area contributed by atoms with Crippen LogP contribution >= 0.6 is 0 Å². The molecule has 0 radical (unpaired) electrons. The number of nitrogens with zero attached hydrogens (tertiary/aromatic N) is 2. The van der Waals surface area contributed by atoms with Crippen molar-refractivity contribution >= 4 is 22.9 Å². The van der Waals surface area contributed by atoms with Crippen LogP contribution in [0.5, 0.6) is 0 Å². The van der Waals surface area contributed by atoms with Crippen molar-refractivity contribution in [2.45, 2.75) is 32.2 Å². The van der Waals surface area contributed by atoms with E-state index in [1.54, 1.807) is 12.1 Å². The van der Waals surface area contributed by atoms with Crippen molar-refractivity contribution in [3.63, 3.8) is 0 Å². The molecule has 0 aliphatic carbocycles. The molecule has 0 saturated heterocycles. The molecule has 2 aromatic carbocycles. The molecule has 152 valence electrons. The summed E-state index contributed by atoms with van der Waals surface area (Å²) in [7, 11) is 1.37. The molecule has 3 rings (SSSR count). The largest absolute Gasteiger partial charge is 0.468 e. The highest BCUT2D eigenvalue weighted by atomic mass is 19.1. The molecule has 0 aliphatic heterocycles. The Balaban J connectivity index is 1.50. The number of aryl methyl sites for hydroxylation is 1. The molecule has 29 heavy (non-hydrogen) atoms. The fraction of sp³-hybridized carbons (Fsp3) is 0.318. The van der Waals surface area contributed by atoms with E-state index >= 15 is 0 Å². The Morgan fingerprint density at radius 2 is 1.83 bits per heavy atom. The minimum atomic E-state index is -0.519. The summed E-state index contributed by atoms with van der Waals surface area (Å²) in [6, 6.07) is 13.6. The van der Waals surface area contributed by atoms with Crippen LogP contribution in [0, 0.1) is 5.82 Å². The summed E-state index contributed by atoms with van der Waals surface area (Å²) in [5.41, 5.74) is 1.82. The number of amides is 1. The van der Waals surface area contributed by atoms with E-state index < -0.39 is 11.7 Å². The Labute approximate surface area is 168 Å². The lowest BCUT2D eigenvalue weighted by molar-refractivity contribution is -0.141. The maximum atomic E-state index is 13.6. The monoisotopic (exact) mass is 397 g/mol. The Morgan fingerprint density at radius 1 is 1.07 bits per heavy atom. The molecule has 1 heterocycles. The highest BCUT2D eigenvalue weighted by Gasteiger charge is 2.14. The summed E-state index contributed by atoms with van der Waals surface area (Å²) in [6.07, 6.45) is 3.23. The summed E-state index contributed by atoms with van der Waals surface area (Å²) >= 11 is 0. The summed E-state index contributed by atoms with van der Waals surface area (Å²) in [4.78, 5) is 28.4. The number of rotatable bonds is 9. The van der Waals surface area contributed by atoms with E-state index in [4.69, 9.17) is 4.74 Å². The zero-order valence-corrected chi connectivity index (χ0v) is 16.4. The first kappa shape index (κ1) is 20.5. The molecule has 0 fully saturated rings. The minimum absolute atomic E-state index is 0.0593. The number of para-hydroxylation sites is 2. The third kappa shape index (κ3) is 5.19. The van der Waals surface area contributed by atoms with Crippen LogP contribution in [0.15, 0.2) is 48.5 Å². The predicted molar refractivity (Wildman–Crippen MR) is 108 cm³/mol. The summed E-state index contributed by atoms with van der Waals surface area (Å²) < 4.78 is 20.3. The summed E-state index contributed by atoms with van der Waals surface area (Å²) in [5.74, 6) is -0.394. The molecule has 0 unspecified atom stereocenters. The molecule has 1 aromatic heterocycles. The van der Waals surface area contributed by atoms with Gasteiger partial charge in [0.1, 0.15) is 18.2 Å². The van der Waals surface area contributed by atoms with Crippen LogP contribution in [0.25, 0.3) is 11.0 Å². The number of fused-ring (bicyclic) bond motifs is 1. The van der Waals surface area contributed by atoms with Gasteiger partial charge < -0.3 is 14.6 Å². The highest BCUT2D eigenvalue weighted by molar-refractivity contribution is 5.94. The zero-order valence-electron chi connectivity index (χ0n) is 16.4. The van der Waals surface area contributed by atoms with Crippen LogP contribution in [0.3, 0.4) is 0 Å². The van der Waals surface area contributed by atoms with Crippen LogP contribution < -0.4 is 5.32 Å². The number of benzene rings is 2. The van der Waals surface area contributed by atoms with Crippen LogP contribution in [0.1, 0.15) is 35.4 Å². The van der Waals surface area contributed by atoms with Gasteiger partial charge in [0, 0.05) is 13.0 Å². The molecule has 0 saturated carbocycles. The second-order valence-electron chi connectivity index (χ2n) is 6.73. The number of ether oxygens (including phenoxy) is 1. The van der Waals surface area contributed by atoms with Gasteiger partial charge in [-0.25, -0.2) is 9.37 Å². The molecule has 3 aromatic rings. The average Bonchev–Trinajstić information content (AvgIpc) is 3.08. The quantitative estimate of drug-likeness (QED) is 0.443. The van der Waals surface area contributed by atoms with Gasteiger partial charge in [0.25, 0.3) is 5.91 Å². The van der Waals surface area contributed by atoms with E-state index in [2.05, 4.69) is 10.3 Å². The molecule has 6 nitrogen and oxygen atoms in total. The van der Waals surface area contributed by atoms with Crippen molar-refractivity contribution in [2.24, 2.45) is 0 Å². The lowest BCUT2D eigenvalue weighted by Crippen LogP contribution is -2.25. The molecule has 1 N–H and O–H groups in total. The van der Waals surface area contributed by atoms with Crippen LogP contribution in [0.2, 0.25) is 0 Å². The minimum Gasteiger partial charge on any atom is -0.468 e. The normalized spacial score (nSPS) is 10.8. The number of carbonyl (C=O) groups excluding carboxylic acids is 2. The van der Waals surface area contributed by atoms with Crippen molar-refractivity contribution in [1.29, 1.82) is 0 Å². The fourth-order valence-electron chi connectivity index (χ4n) is 3.21. The molecule has 7 heteroatoms. The summed E-state index contributed by atoms with van der Waals surface area (Å²) in [6.45, 7) is 0.608. The maximum Gasteiger partial charge on any atom is 0.325 e. The number of nitrogens with one attached hydrogen (secondary N) is 1. The Bertz CT molecular complexity index is 1000. The van der Waals surface area contributed by atoms with Crippen molar-refractivity contribution < 1.29 is 18.7 Å². The zero-order chi connectivity index (χ0) is 20.6. The van der Waals surface area contributed by atoms with Crippen molar-refractivity contribution in [3.05, 3.63) is 65.7 Å². The van der Waals surface area contributed by atoms with Gasteiger partial charge in [0.2, 0.25) is 0 Å². The van der Waals surface area contributed by atoms with Gasteiger partial charge in [-0.2, -0.15) is 0 Å². The van der Waals surface area contributed by atoms with Gasteiger partial charge in [-0.1, -0.05) is 30.7 Å². The number of imidazole rings is 1. The molecule has 1 amide bonds. The highest BCUT2D eigenvalue weighted by Crippen LogP contribution is 2.18. The van der Waals surface area contributed by atoms with Crippen LogP contribution in [0.4, 0.5) is 4.39 Å². The predicted octanol–water partition coefficient (Wildman–Crippen LogP) is 3.49. The standard InChI is InChI=1S/C22H24FN3O3/c1-29-21(27)15-26-19-12-7-6-11-18(19)25-20(26)13-3-2-8-14-24-22(28)16-9-4-5-10-17(16)23/h4-7,9-12H,2-3,8,13-15H2,1H3,(H,24,28). The Kier molecular flexibility index (Phi) is 6.94. The van der Waals surface area contributed by atoms with Gasteiger partial charge in [-0.3, -0.25) is 9.59 Å². The smallest absolute Gasteiger partial charge is 0.325 e. The number of halogens is 1. The van der Waals surface area contributed by atoms with Gasteiger partial charge in [-0.05, 0) is 37.1 Å². The second-order valence-corrected chi connectivity index (χ2v) is 6.73. The van der Waals surface area contributed by atoms with Crippen molar-refractivity contribution in [2.75, 3.05) is 13.7 Å². The van der Waals surface area contributed by atoms with E-state index in [9.17, 15) is 14.0 Å². The first-order valence-electron chi connectivity index (χ1n) is 9.64. The van der Waals surface area contributed by atoms with Crippen LogP contribution in [-0.2, 0) is 22.5 Å². The maximum absolute atomic E-state index is 13.6. The SMILES string of the molecule is COC(=O)Cn1c(CCCCCNC(=O)c2ccccc2F)nc2ccccc21.